The largest absolute Gasteiger partial charge is 0.481 e. The molecule has 0 saturated heterocycles. The van der Waals surface area contributed by atoms with Crippen molar-refractivity contribution in [1.29, 1.82) is 0 Å². The number of nitrogens with zero attached hydrogens (tertiary/aromatic N) is 1. The topological polar surface area (TPSA) is 280 Å². The van der Waals surface area contributed by atoms with E-state index in [0.29, 0.717) is 5.69 Å². The number of aromatic nitrogens is 2. The number of aromatic amines is 1. The number of carbonyl (C=O) groups is 6. The highest BCUT2D eigenvalue weighted by atomic mass is 16.4. The smallest absolute Gasteiger partial charge is 0.326 e. The van der Waals surface area contributed by atoms with Crippen LogP contribution in [0.5, 0.6) is 0 Å². The van der Waals surface area contributed by atoms with E-state index in [0.717, 1.165) is 6.92 Å². The van der Waals surface area contributed by atoms with E-state index >= 15 is 0 Å². The van der Waals surface area contributed by atoms with E-state index in [4.69, 9.17) is 16.6 Å². The Bertz CT molecular complexity index is 904. The SMILES string of the molecule is CC(O)C(NC(=O)C(CC(=O)O)NC(=O)C(N)CC(N)=O)C(=O)NC(Cc1cnc[nH]1)C(=O)O. The minimum atomic E-state index is -1.74. The van der Waals surface area contributed by atoms with Gasteiger partial charge in [-0.2, -0.15) is 0 Å². The summed E-state index contributed by atoms with van der Waals surface area (Å²) in [7, 11) is 0. The van der Waals surface area contributed by atoms with Gasteiger partial charge >= 0.3 is 11.9 Å². The van der Waals surface area contributed by atoms with Gasteiger partial charge in [0.15, 0.2) is 0 Å². The average molecular weight is 485 g/mol. The summed E-state index contributed by atoms with van der Waals surface area (Å²) in [4.78, 5) is 77.3. The summed E-state index contributed by atoms with van der Waals surface area (Å²) < 4.78 is 0. The molecule has 0 spiro atoms. The molecule has 1 heterocycles. The van der Waals surface area contributed by atoms with E-state index in [-0.39, 0.29) is 6.42 Å². The van der Waals surface area contributed by atoms with E-state index in [9.17, 15) is 39.0 Å². The lowest BCUT2D eigenvalue weighted by Crippen LogP contribution is -2.60. The van der Waals surface area contributed by atoms with E-state index in [1.54, 1.807) is 0 Å². The summed E-state index contributed by atoms with van der Waals surface area (Å²) in [6.45, 7) is 1.13. The number of carbonyl (C=O) groups excluding carboxylic acids is 4. The predicted molar refractivity (Wildman–Crippen MR) is 111 cm³/mol. The number of hydrogen-bond acceptors (Lipinski definition) is 9. The van der Waals surface area contributed by atoms with Crippen molar-refractivity contribution in [2.75, 3.05) is 0 Å². The van der Waals surface area contributed by atoms with Crippen LogP contribution in [0.15, 0.2) is 12.5 Å². The van der Waals surface area contributed by atoms with E-state index in [2.05, 4.69) is 20.6 Å². The molecule has 1 aromatic heterocycles. The number of aliphatic hydroxyl groups is 1. The van der Waals surface area contributed by atoms with Gasteiger partial charge < -0.3 is 47.7 Å². The molecule has 0 fully saturated rings. The number of imidazole rings is 1. The summed E-state index contributed by atoms with van der Waals surface area (Å²) in [5.41, 5.74) is 10.8. The van der Waals surface area contributed by atoms with Crippen LogP contribution >= 0.6 is 0 Å². The van der Waals surface area contributed by atoms with Crippen molar-refractivity contribution in [3.8, 4) is 0 Å². The number of H-pyrrole nitrogens is 1. The van der Waals surface area contributed by atoms with Gasteiger partial charge in [-0.15, -0.1) is 0 Å². The fourth-order valence-electron chi connectivity index (χ4n) is 2.71. The molecular weight excluding hydrogens is 458 g/mol. The molecule has 16 nitrogen and oxygen atoms in total. The van der Waals surface area contributed by atoms with Gasteiger partial charge in [-0.25, -0.2) is 9.78 Å². The lowest BCUT2D eigenvalue weighted by molar-refractivity contribution is -0.144. The van der Waals surface area contributed by atoms with E-state index in [1.165, 1.54) is 12.5 Å². The summed E-state index contributed by atoms with van der Waals surface area (Å²) in [5.74, 6) is -7.12. The molecule has 5 unspecified atom stereocenters. The highest BCUT2D eigenvalue weighted by Crippen LogP contribution is 2.03. The van der Waals surface area contributed by atoms with Crippen LogP contribution in [0.25, 0.3) is 0 Å². The van der Waals surface area contributed by atoms with Crippen LogP contribution in [0.2, 0.25) is 0 Å². The molecule has 0 aliphatic carbocycles. The zero-order valence-electron chi connectivity index (χ0n) is 18.1. The van der Waals surface area contributed by atoms with Gasteiger partial charge in [-0.05, 0) is 6.92 Å². The van der Waals surface area contributed by atoms with Gasteiger partial charge in [-0.1, -0.05) is 0 Å². The summed E-state index contributed by atoms with van der Waals surface area (Å²) in [5, 5.41) is 34.7. The molecule has 0 bridgehead atoms. The zero-order chi connectivity index (χ0) is 26.0. The first-order valence-corrected chi connectivity index (χ1v) is 9.86. The number of rotatable bonds is 14. The number of aliphatic hydroxyl groups excluding tert-OH is 1. The number of nitrogens with two attached hydrogens (primary N) is 2. The van der Waals surface area contributed by atoms with Gasteiger partial charge in [0.25, 0.3) is 0 Å². The first-order chi connectivity index (χ1) is 15.8. The monoisotopic (exact) mass is 485 g/mol. The third kappa shape index (κ3) is 9.21. The maximum absolute atomic E-state index is 12.6. The lowest BCUT2D eigenvalue weighted by atomic mass is 10.1. The van der Waals surface area contributed by atoms with Crippen LogP contribution in [0.4, 0.5) is 0 Å². The lowest BCUT2D eigenvalue weighted by Gasteiger charge is -2.26. The Hall–Kier alpha value is -4.05. The Kier molecular flexibility index (Phi) is 10.6. The Morgan fingerprint density at radius 1 is 1.00 bits per heavy atom. The summed E-state index contributed by atoms with van der Waals surface area (Å²) in [6.07, 6.45) is -0.564. The molecule has 188 valence electrons. The van der Waals surface area contributed by atoms with Crippen LogP contribution in [0, 0.1) is 0 Å². The molecule has 0 aliphatic heterocycles. The van der Waals surface area contributed by atoms with Gasteiger partial charge in [0.05, 0.1) is 31.3 Å². The van der Waals surface area contributed by atoms with Gasteiger partial charge in [0, 0.05) is 18.3 Å². The quantitative estimate of drug-likeness (QED) is 0.121. The Morgan fingerprint density at radius 3 is 2.09 bits per heavy atom. The van der Waals surface area contributed by atoms with Crippen LogP contribution in [-0.2, 0) is 35.2 Å². The van der Waals surface area contributed by atoms with E-state index in [1.807, 2.05) is 5.32 Å². The number of amides is 4. The van der Waals surface area contributed by atoms with Crippen molar-refractivity contribution >= 4 is 35.6 Å². The number of primary amides is 1. The Balaban J connectivity index is 2.95. The minimum Gasteiger partial charge on any atom is -0.481 e. The minimum absolute atomic E-state index is 0.184. The number of nitrogens with one attached hydrogen (secondary N) is 4. The molecule has 0 saturated carbocycles. The Labute approximate surface area is 192 Å². The zero-order valence-corrected chi connectivity index (χ0v) is 18.1. The van der Waals surface area contributed by atoms with Crippen molar-refractivity contribution in [3.05, 3.63) is 18.2 Å². The van der Waals surface area contributed by atoms with Crippen LogP contribution in [0.1, 0.15) is 25.5 Å². The highest BCUT2D eigenvalue weighted by Gasteiger charge is 2.33. The third-order valence-corrected chi connectivity index (χ3v) is 4.43. The second-order valence-corrected chi connectivity index (χ2v) is 7.34. The molecule has 1 aromatic rings. The number of aliphatic carboxylic acids is 2. The fourth-order valence-corrected chi connectivity index (χ4v) is 2.71. The second-order valence-electron chi connectivity index (χ2n) is 7.34. The van der Waals surface area contributed by atoms with E-state index < -0.39 is 78.7 Å². The molecular formula is C18H27N7O9. The summed E-state index contributed by atoms with van der Waals surface area (Å²) in [6, 6.07) is -6.36. The van der Waals surface area contributed by atoms with Crippen molar-refractivity contribution < 1.29 is 44.1 Å². The maximum atomic E-state index is 12.6. The molecule has 4 amide bonds. The molecule has 0 radical (unpaired) electrons. The molecule has 0 aromatic carbocycles. The number of carboxylic acids is 2. The van der Waals surface area contributed by atoms with Crippen LogP contribution in [-0.4, -0.2) is 91.1 Å². The molecule has 11 N–H and O–H groups in total. The van der Waals surface area contributed by atoms with Gasteiger partial charge in [0.2, 0.25) is 23.6 Å². The molecule has 34 heavy (non-hydrogen) atoms. The molecule has 1 rings (SSSR count). The Morgan fingerprint density at radius 2 is 1.62 bits per heavy atom. The van der Waals surface area contributed by atoms with Gasteiger partial charge in [-0.3, -0.25) is 24.0 Å². The van der Waals surface area contributed by atoms with Gasteiger partial charge in [0.1, 0.15) is 18.1 Å². The van der Waals surface area contributed by atoms with Crippen molar-refractivity contribution in [1.82, 2.24) is 25.9 Å². The standard InChI is InChI=1S/C18H27N7O9/c1-7(26)14(17(32)24-11(18(33)34)2-8-5-21-6-22-8)25-16(31)10(4-13(28)29)23-15(30)9(19)3-12(20)27/h5-7,9-11,14,26H,2-4,19H2,1H3,(H2,20,27)(H,21,22)(H,23,30)(H,24,32)(H,25,31)(H,28,29)(H,33,34). The number of hydrogen-bond donors (Lipinski definition) is 9. The maximum Gasteiger partial charge on any atom is 0.326 e. The average Bonchev–Trinajstić information content (AvgIpc) is 3.22. The van der Waals surface area contributed by atoms with Crippen molar-refractivity contribution in [2.24, 2.45) is 11.5 Å². The first-order valence-electron chi connectivity index (χ1n) is 9.86. The highest BCUT2D eigenvalue weighted by molar-refractivity contribution is 5.96. The predicted octanol–water partition coefficient (Wildman–Crippen LogP) is -4.45. The molecule has 0 aliphatic rings. The molecule has 16 heteroatoms. The number of carboxylic acid groups (broad SMARTS) is 2. The second kappa shape index (κ2) is 12.9. The van der Waals surface area contributed by atoms with Crippen LogP contribution in [0.3, 0.4) is 0 Å². The third-order valence-electron chi connectivity index (χ3n) is 4.43. The van der Waals surface area contributed by atoms with Crippen LogP contribution < -0.4 is 27.4 Å². The normalized spacial score (nSPS) is 15.1. The van der Waals surface area contributed by atoms with Crippen molar-refractivity contribution in [2.45, 2.75) is 56.5 Å². The first kappa shape index (κ1) is 28.0. The summed E-state index contributed by atoms with van der Waals surface area (Å²) >= 11 is 0. The molecule has 5 atom stereocenters. The fraction of sp³-hybridized carbons (Fsp3) is 0.500. The van der Waals surface area contributed by atoms with Crippen molar-refractivity contribution in [3.63, 3.8) is 0 Å².